The Morgan fingerprint density at radius 1 is 1.10 bits per heavy atom. The van der Waals surface area contributed by atoms with Crippen LogP contribution in [0, 0.1) is 20.8 Å². The number of ether oxygens (including phenoxy) is 1. The van der Waals surface area contributed by atoms with Gasteiger partial charge in [-0.1, -0.05) is 23.7 Å². The van der Waals surface area contributed by atoms with Crippen LogP contribution in [-0.4, -0.2) is 27.7 Å². The lowest BCUT2D eigenvalue weighted by Gasteiger charge is -2.29. The van der Waals surface area contributed by atoms with Gasteiger partial charge in [0.05, 0.1) is 30.6 Å². The Kier molecular flexibility index (Phi) is 7.34. The molecule has 5 rings (SSSR count). The van der Waals surface area contributed by atoms with Crippen LogP contribution in [0.25, 0.3) is 5.69 Å². The molecule has 2 atom stereocenters. The van der Waals surface area contributed by atoms with Crippen molar-refractivity contribution in [3.05, 3.63) is 100 Å². The van der Waals surface area contributed by atoms with Gasteiger partial charge in [-0.05, 0) is 92.6 Å². The first-order chi connectivity index (χ1) is 18.7. The summed E-state index contributed by atoms with van der Waals surface area (Å²) in [6, 6.07) is 19.3. The Morgan fingerprint density at radius 2 is 1.90 bits per heavy atom. The summed E-state index contributed by atoms with van der Waals surface area (Å²) in [4.78, 5) is 18.7. The average molecular weight is 560 g/mol. The molecule has 200 valence electrons. The molecule has 2 aromatic carbocycles. The number of carbonyl (C=O) groups excluding carboxylic acids is 1. The summed E-state index contributed by atoms with van der Waals surface area (Å²) in [5.41, 5.74) is 7.71. The van der Waals surface area contributed by atoms with E-state index in [2.05, 4.69) is 51.9 Å². The third kappa shape index (κ3) is 4.97. The van der Waals surface area contributed by atoms with Crippen molar-refractivity contribution >= 4 is 46.2 Å². The van der Waals surface area contributed by atoms with Crippen LogP contribution in [0.1, 0.15) is 47.2 Å². The molecular formula is C30H30ClN5O2S. The molecule has 4 aromatic rings. The van der Waals surface area contributed by atoms with E-state index >= 15 is 0 Å². The highest BCUT2D eigenvalue weighted by atomic mass is 35.5. The molecule has 1 aliphatic rings. The molecule has 1 fully saturated rings. The maximum atomic E-state index is 11.9. The van der Waals surface area contributed by atoms with Crippen molar-refractivity contribution in [2.75, 3.05) is 17.3 Å². The standard InChI is InChI=1S/C30H30ClN5O2S/c1-17-9-10-21(31)15-26(17)35-18(2)14-23(19(35)3)29-28(24-8-6-7-13-32-24)34-30(39)36(29)22-11-12-27(38-5)25(16-22)33-20(4)37/h6-16,28-29H,1-5H3,(H,33,37)(H,34,39)/t28-,29+/m0/s1. The van der Waals surface area contributed by atoms with Gasteiger partial charge in [0.25, 0.3) is 0 Å². The molecule has 9 heteroatoms. The molecule has 1 amide bonds. The van der Waals surface area contributed by atoms with Gasteiger partial charge in [-0.3, -0.25) is 9.78 Å². The number of nitrogens with one attached hydrogen (secondary N) is 2. The van der Waals surface area contributed by atoms with E-state index in [4.69, 9.17) is 28.6 Å². The smallest absolute Gasteiger partial charge is 0.221 e. The minimum atomic E-state index is -0.217. The molecule has 0 radical (unpaired) electrons. The van der Waals surface area contributed by atoms with Crippen molar-refractivity contribution in [1.29, 1.82) is 0 Å². The van der Waals surface area contributed by atoms with Gasteiger partial charge in [0, 0.05) is 40.9 Å². The van der Waals surface area contributed by atoms with Crippen molar-refractivity contribution < 1.29 is 9.53 Å². The predicted octanol–water partition coefficient (Wildman–Crippen LogP) is 6.60. The zero-order valence-electron chi connectivity index (χ0n) is 22.4. The number of rotatable bonds is 6. The minimum Gasteiger partial charge on any atom is -0.495 e. The zero-order valence-corrected chi connectivity index (χ0v) is 24.0. The number of aryl methyl sites for hydroxylation is 2. The lowest BCUT2D eigenvalue weighted by atomic mass is 9.96. The molecule has 0 bridgehead atoms. The maximum Gasteiger partial charge on any atom is 0.221 e. The Balaban J connectivity index is 1.70. The Bertz CT molecular complexity index is 1570. The van der Waals surface area contributed by atoms with Crippen molar-refractivity contribution in [3.8, 4) is 11.4 Å². The highest BCUT2D eigenvalue weighted by molar-refractivity contribution is 7.80. The van der Waals surface area contributed by atoms with E-state index in [1.807, 2.05) is 54.6 Å². The van der Waals surface area contributed by atoms with Crippen molar-refractivity contribution in [3.63, 3.8) is 0 Å². The van der Waals surface area contributed by atoms with E-state index in [0.717, 1.165) is 39.6 Å². The van der Waals surface area contributed by atoms with Crippen molar-refractivity contribution in [2.24, 2.45) is 0 Å². The fourth-order valence-electron chi connectivity index (χ4n) is 5.36. The number of aromatic nitrogens is 2. The quantitative estimate of drug-likeness (QED) is 0.259. The van der Waals surface area contributed by atoms with Gasteiger partial charge in [0.15, 0.2) is 5.11 Å². The summed E-state index contributed by atoms with van der Waals surface area (Å²) >= 11 is 12.3. The number of hydrogen-bond donors (Lipinski definition) is 2. The molecule has 7 nitrogen and oxygen atoms in total. The van der Waals surface area contributed by atoms with Crippen LogP contribution in [0.4, 0.5) is 11.4 Å². The van der Waals surface area contributed by atoms with E-state index in [-0.39, 0.29) is 18.0 Å². The third-order valence-electron chi connectivity index (χ3n) is 7.07. The van der Waals surface area contributed by atoms with Crippen LogP contribution >= 0.6 is 23.8 Å². The van der Waals surface area contributed by atoms with Gasteiger partial charge >= 0.3 is 0 Å². The fraction of sp³-hybridized carbons (Fsp3) is 0.233. The van der Waals surface area contributed by atoms with Crippen LogP contribution in [0.15, 0.2) is 66.9 Å². The summed E-state index contributed by atoms with van der Waals surface area (Å²) in [5.74, 6) is 0.385. The lowest BCUT2D eigenvalue weighted by Crippen LogP contribution is -2.29. The van der Waals surface area contributed by atoms with Gasteiger partial charge in [-0.2, -0.15) is 0 Å². The Labute approximate surface area is 238 Å². The topological polar surface area (TPSA) is 71.4 Å². The second-order valence-electron chi connectivity index (χ2n) is 9.66. The van der Waals surface area contributed by atoms with Gasteiger partial charge in [0.2, 0.25) is 5.91 Å². The molecule has 1 aliphatic heterocycles. The number of benzene rings is 2. The molecule has 0 saturated carbocycles. The highest BCUT2D eigenvalue weighted by Crippen LogP contribution is 2.45. The fourth-order valence-corrected chi connectivity index (χ4v) is 5.88. The van der Waals surface area contributed by atoms with E-state index in [0.29, 0.717) is 21.6 Å². The number of halogens is 1. The maximum absolute atomic E-state index is 11.9. The van der Waals surface area contributed by atoms with Crippen LogP contribution in [-0.2, 0) is 4.79 Å². The van der Waals surface area contributed by atoms with E-state index in [1.165, 1.54) is 6.92 Å². The molecule has 1 saturated heterocycles. The summed E-state index contributed by atoms with van der Waals surface area (Å²) in [7, 11) is 1.58. The number of hydrogen-bond acceptors (Lipinski definition) is 4. The zero-order chi connectivity index (χ0) is 27.8. The van der Waals surface area contributed by atoms with Crippen molar-refractivity contribution in [2.45, 2.75) is 39.8 Å². The van der Waals surface area contributed by atoms with E-state index < -0.39 is 0 Å². The number of carbonyl (C=O) groups is 1. The predicted molar refractivity (Wildman–Crippen MR) is 160 cm³/mol. The van der Waals surface area contributed by atoms with Gasteiger partial charge in [0.1, 0.15) is 5.75 Å². The summed E-state index contributed by atoms with van der Waals surface area (Å²) in [6.45, 7) is 7.77. The van der Waals surface area contributed by atoms with Crippen LogP contribution in [0.5, 0.6) is 5.75 Å². The molecule has 2 aromatic heterocycles. The molecule has 3 heterocycles. The number of amides is 1. The first kappa shape index (κ1) is 26.7. The minimum absolute atomic E-state index is 0.184. The number of nitrogens with zero attached hydrogens (tertiary/aromatic N) is 3. The third-order valence-corrected chi connectivity index (χ3v) is 7.62. The van der Waals surface area contributed by atoms with Crippen LogP contribution in [0.2, 0.25) is 5.02 Å². The lowest BCUT2D eigenvalue weighted by molar-refractivity contribution is -0.114. The molecular weight excluding hydrogens is 530 g/mol. The molecule has 2 N–H and O–H groups in total. The summed E-state index contributed by atoms with van der Waals surface area (Å²) in [6.07, 6.45) is 1.79. The van der Waals surface area contributed by atoms with E-state index in [1.54, 1.807) is 13.3 Å². The number of anilines is 2. The van der Waals surface area contributed by atoms with E-state index in [9.17, 15) is 4.79 Å². The molecule has 0 spiro atoms. The first-order valence-corrected chi connectivity index (χ1v) is 13.4. The monoisotopic (exact) mass is 559 g/mol. The second-order valence-corrected chi connectivity index (χ2v) is 10.5. The second kappa shape index (κ2) is 10.7. The Hall–Kier alpha value is -3.88. The van der Waals surface area contributed by atoms with Gasteiger partial charge < -0.3 is 24.8 Å². The number of thiocarbonyl (C=S) groups is 1. The molecule has 39 heavy (non-hydrogen) atoms. The van der Waals surface area contributed by atoms with Crippen molar-refractivity contribution in [1.82, 2.24) is 14.9 Å². The first-order valence-electron chi connectivity index (χ1n) is 12.6. The van der Waals surface area contributed by atoms with Gasteiger partial charge in [-0.15, -0.1) is 0 Å². The normalized spacial score (nSPS) is 16.8. The summed E-state index contributed by atoms with van der Waals surface area (Å²) in [5, 5.41) is 7.65. The van der Waals surface area contributed by atoms with Crippen LogP contribution in [0.3, 0.4) is 0 Å². The number of methoxy groups -OCH3 is 1. The summed E-state index contributed by atoms with van der Waals surface area (Å²) < 4.78 is 7.73. The highest BCUT2D eigenvalue weighted by Gasteiger charge is 2.42. The largest absolute Gasteiger partial charge is 0.495 e. The average Bonchev–Trinajstić information content (AvgIpc) is 3.40. The van der Waals surface area contributed by atoms with Crippen LogP contribution < -0.4 is 20.3 Å². The SMILES string of the molecule is COc1ccc(N2C(=S)N[C@@H](c3ccccn3)[C@H]2c2cc(C)n(-c3cc(Cl)ccc3C)c2C)cc1NC(C)=O. The molecule has 0 aliphatic carbocycles. The molecule has 0 unspecified atom stereocenters. The Morgan fingerprint density at radius 3 is 2.59 bits per heavy atom. The van der Waals surface area contributed by atoms with Gasteiger partial charge in [-0.25, -0.2) is 0 Å². The number of pyridine rings is 1.